The Balaban J connectivity index is 1.70. The quantitative estimate of drug-likeness (QED) is 0.880. The van der Waals surface area contributed by atoms with E-state index in [-0.39, 0.29) is 17.7 Å². The molecule has 1 aliphatic rings. The molecule has 6 heteroatoms. The van der Waals surface area contributed by atoms with Crippen LogP contribution in [0.2, 0.25) is 0 Å². The highest BCUT2D eigenvalue weighted by atomic mass is 16.5. The first-order valence-electron chi connectivity index (χ1n) is 8.99. The summed E-state index contributed by atoms with van der Waals surface area (Å²) >= 11 is 0. The van der Waals surface area contributed by atoms with E-state index in [1.807, 2.05) is 30.3 Å². The number of likely N-dealkylation sites (tertiary alicyclic amines) is 1. The Labute approximate surface area is 159 Å². The molecule has 3 rings (SSSR count). The summed E-state index contributed by atoms with van der Waals surface area (Å²) < 4.78 is 10.5. The molecule has 1 fully saturated rings. The number of ether oxygens (including phenoxy) is 2. The summed E-state index contributed by atoms with van der Waals surface area (Å²) in [5.74, 6) is 0.725. The Morgan fingerprint density at radius 1 is 1.04 bits per heavy atom. The molecular weight excluding hydrogens is 344 g/mol. The first-order valence-corrected chi connectivity index (χ1v) is 8.99. The Morgan fingerprint density at radius 3 is 2.33 bits per heavy atom. The fraction of sp³-hybridized carbons (Fsp3) is 0.333. The van der Waals surface area contributed by atoms with Crippen LogP contribution in [-0.4, -0.2) is 44.0 Å². The topological polar surface area (TPSA) is 67.9 Å². The fourth-order valence-electron chi connectivity index (χ4n) is 3.25. The third kappa shape index (κ3) is 4.58. The number of nitrogens with zero attached hydrogens (tertiary/aromatic N) is 1. The second kappa shape index (κ2) is 8.58. The highest BCUT2D eigenvalue weighted by molar-refractivity contribution is 5.97. The Hall–Kier alpha value is -3.02. The number of rotatable bonds is 5. The molecule has 27 heavy (non-hydrogen) atoms. The van der Waals surface area contributed by atoms with Crippen molar-refractivity contribution in [2.45, 2.75) is 12.8 Å². The van der Waals surface area contributed by atoms with Crippen molar-refractivity contribution in [2.24, 2.45) is 5.92 Å². The minimum Gasteiger partial charge on any atom is -0.497 e. The van der Waals surface area contributed by atoms with E-state index in [9.17, 15) is 9.59 Å². The van der Waals surface area contributed by atoms with Crippen LogP contribution in [0.25, 0.3) is 0 Å². The largest absolute Gasteiger partial charge is 0.497 e. The Morgan fingerprint density at radius 2 is 1.70 bits per heavy atom. The molecular formula is C21H24N2O4. The van der Waals surface area contributed by atoms with Gasteiger partial charge in [0, 0.05) is 30.4 Å². The van der Waals surface area contributed by atoms with Crippen LogP contribution < -0.4 is 14.8 Å². The molecule has 142 valence electrons. The van der Waals surface area contributed by atoms with Crippen LogP contribution in [0.15, 0.2) is 48.5 Å². The lowest BCUT2D eigenvalue weighted by Crippen LogP contribution is -2.43. The number of piperidine rings is 1. The van der Waals surface area contributed by atoms with Gasteiger partial charge in [-0.1, -0.05) is 18.2 Å². The molecule has 1 N–H and O–H groups in total. The van der Waals surface area contributed by atoms with Crippen molar-refractivity contribution in [3.63, 3.8) is 0 Å². The van der Waals surface area contributed by atoms with Gasteiger partial charge < -0.3 is 19.7 Å². The summed E-state index contributed by atoms with van der Waals surface area (Å²) in [5.41, 5.74) is 1.26. The highest BCUT2D eigenvalue weighted by Crippen LogP contribution is 2.26. The molecule has 1 atom stereocenters. The zero-order valence-electron chi connectivity index (χ0n) is 15.6. The van der Waals surface area contributed by atoms with Gasteiger partial charge in [0.25, 0.3) is 5.91 Å². The van der Waals surface area contributed by atoms with Crippen LogP contribution in [0.4, 0.5) is 5.69 Å². The number of hydrogen-bond donors (Lipinski definition) is 1. The molecule has 0 saturated carbocycles. The van der Waals surface area contributed by atoms with Gasteiger partial charge in [0.1, 0.15) is 11.5 Å². The summed E-state index contributed by atoms with van der Waals surface area (Å²) in [7, 11) is 3.10. The normalized spacial score (nSPS) is 16.5. The fourth-order valence-corrected chi connectivity index (χ4v) is 3.25. The lowest BCUT2D eigenvalue weighted by atomic mass is 9.96. The van der Waals surface area contributed by atoms with Gasteiger partial charge in [-0.05, 0) is 37.1 Å². The van der Waals surface area contributed by atoms with Gasteiger partial charge in [-0.25, -0.2) is 0 Å². The molecule has 1 saturated heterocycles. The smallest absolute Gasteiger partial charge is 0.254 e. The molecule has 1 heterocycles. The van der Waals surface area contributed by atoms with Crippen molar-refractivity contribution in [2.75, 3.05) is 32.6 Å². The number of nitrogens with one attached hydrogen (secondary N) is 1. The molecule has 2 aromatic rings. The van der Waals surface area contributed by atoms with Crippen molar-refractivity contribution in [3.8, 4) is 11.5 Å². The van der Waals surface area contributed by atoms with E-state index in [1.54, 1.807) is 37.3 Å². The highest BCUT2D eigenvalue weighted by Gasteiger charge is 2.29. The molecule has 0 aromatic heterocycles. The van der Waals surface area contributed by atoms with Crippen molar-refractivity contribution < 1.29 is 19.1 Å². The van der Waals surface area contributed by atoms with Crippen LogP contribution >= 0.6 is 0 Å². The number of para-hydroxylation sites is 1. The van der Waals surface area contributed by atoms with Gasteiger partial charge in [-0.2, -0.15) is 0 Å². The maximum Gasteiger partial charge on any atom is 0.254 e. The van der Waals surface area contributed by atoms with E-state index in [0.717, 1.165) is 18.5 Å². The first kappa shape index (κ1) is 18.8. The van der Waals surface area contributed by atoms with Crippen LogP contribution in [0.1, 0.15) is 23.2 Å². The molecule has 0 unspecified atom stereocenters. The van der Waals surface area contributed by atoms with E-state index in [0.29, 0.717) is 30.2 Å². The maximum absolute atomic E-state index is 12.9. The molecule has 6 nitrogen and oxygen atoms in total. The lowest BCUT2D eigenvalue weighted by molar-refractivity contribution is -0.121. The number of hydrogen-bond acceptors (Lipinski definition) is 4. The number of anilines is 1. The third-order valence-electron chi connectivity index (χ3n) is 4.72. The summed E-state index contributed by atoms with van der Waals surface area (Å²) in [6.45, 7) is 1.03. The summed E-state index contributed by atoms with van der Waals surface area (Å²) in [6.07, 6.45) is 1.56. The van der Waals surface area contributed by atoms with Crippen LogP contribution in [0.3, 0.4) is 0 Å². The predicted octanol–water partition coefficient (Wildman–Crippen LogP) is 3.19. The van der Waals surface area contributed by atoms with Gasteiger partial charge >= 0.3 is 0 Å². The second-order valence-corrected chi connectivity index (χ2v) is 6.55. The van der Waals surface area contributed by atoms with Crippen LogP contribution in [0.5, 0.6) is 11.5 Å². The summed E-state index contributed by atoms with van der Waals surface area (Å²) in [5, 5.41) is 2.93. The van der Waals surface area contributed by atoms with E-state index in [1.165, 1.54) is 0 Å². The zero-order valence-corrected chi connectivity index (χ0v) is 15.6. The first-order chi connectivity index (χ1) is 13.1. The molecule has 1 aliphatic heterocycles. The SMILES string of the molecule is COc1cc(OC)cc(C(=O)N2CCC[C@H](C(=O)Nc3ccccc3)C2)c1. The van der Waals surface area contributed by atoms with Gasteiger partial charge in [-0.15, -0.1) is 0 Å². The van der Waals surface area contributed by atoms with E-state index in [4.69, 9.17) is 9.47 Å². The van der Waals surface area contributed by atoms with Crippen LogP contribution in [0, 0.1) is 5.92 Å². The average molecular weight is 368 g/mol. The molecule has 0 aliphatic carbocycles. The molecule has 0 radical (unpaired) electrons. The average Bonchev–Trinajstić information content (AvgIpc) is 2.73. The molecule has 0 spiro atoms. The molecule has 0 bridgehead atoms. The monoisotopic (exact) mass is 368 g/mol. The minimum atomic E-state index is -0.226. The van der Waals surface area contributed by atoms with Crippen molar-refractivity contribution in [1.82, 2.24) is 4.90 Å². The summed E-state index contributed by atoms with van der Waals surface area (Å²) in [6, 6.07) is 14.5. The van der Waals surface area contributed by atoms with Crippen molar-refractivity contribution in [3.05, 3.63) is 54.1 Å². The number of amides is 2. The number of benzene rings is 2. The Bertz CT molecular complexity index is 785. The van der Waals surface area contributed by atoms with Crippen molar-refractivity contribution in [1.29, 1.82) is 0 Å². The Kier molecular flexibility index (Phi) is 5.96. The number of carbonyl (C=O) groups excluding carboxylic acids is 2. The van der Waals surface area contributed by atoms with Gasteiger partial charge in [-0.3, -0.25) is 9.59 Å². The van der Waals surface area contributed by atoms with Gasteiger partial charge in [0.2, 0.25) is 5.91 Å². The van der Waals surface area contributed by atoms with Crippen molar-refractivity contribution >= 4 is 17.5 Å². The third-order valence-corrected chi connectivity index (χ3v) is 4.72. The van der Waals surface area contributed by atoms with E-state index < -0.39 is 0 Å². The summed E-state index contributed by atoms with van der Waals surface area (Å²) in [4.78, 5) is 27.3. The van der Waals surface area contributed by atoms with E-state index >= 15 is 0 Å². The number of carbonyl (C=O) groups is 2. The van der Waals surface area contributed by atoms with E-state index in [2.05, 4.69) is 5.32 Å². The molecule has 2 amide bonds. The predicted molar refractivity (Wildman–Crippen MR) is 103 cm³/mol. The number of methoxy groups -OCH3 is 2. The van der Waals surface area contributed by atoms with Gasteiger partial charge in [0.05, 0.1) is 20.1 Å². The molecule has 2 aromatic carbocycles. The minimum absolute atomic E-state index is 0.0538. The lowest BCUT2D eigenvalue weighted by Gasteiger charge is -2.32. The van der Waals surface area contributed by atoms with Crippen LogP contribution in [-0.2, 0) is 4.79 Å². The zero-order chi connectivity index (χ0) is 19.2. The second-order valence-electron chi connectivity index (χ2n) is 6.55. The standard InChI is InChI=1S/C21H24N2O4/c1-26-18-11-16(12-19(13-18)27-2)21(25)23-10-6-7-15(14-23)20(24)22-17-8-4-3-5-9-17/h3-5,8-9,11-13,15H,6-7,10,14H2,1-2H3,(H,22,24)/t15-/m0/s1. The van der Waals surface area contributed by atoms with Gasteiger partial charge in [0.15, 0.2) is 0 Å². The maximum atomic E-state index is 12.9.